The van der Waals surface area contributed by atoms with Gasteiger partial charge in [-0.2, -0.15) is 0 Å². The summed E-state index contributed by atoms with van der Waals surface area (Å²) in [5.74, 6) is 0.642. The van der Waals surface area contributed by atoms with Crippen molar-refractivity contribution in [1.29, 1.82) is 0 Å². The smallest absolute Gasteiger partial charge is 0.336 e. The molecule has 0 spiro atoms. The summed E-state index contributed by atoms with van der Waals surface area (Å²) in [5.41, 5.74) is -0.0169. The maximum absolute atomic E-state index is 11.2. The highest BCUT2D eigenvalue weighted by Gasteiger charge is 2.06. The molecule has 0 saturated heterocycles. The first-order valence-electron chi connectivity index (χ1n) is 5.82. The number of halogens is 1. The molecule has 3 rings (SSSR count). The van der Waals surface area contributed by atoms with Crippen molar-refractivity contribution in [3.63, 3.8) is 0 Å². The molecule has 0 bridgehead atoms. The van der Waals surface area contributed by atoms with Gasteiger partial charge < -0.3 is 14.3 Å². The molecule has 4 nitrogen and oxygen atoms in total. The number of benzene rings is 2. The highest BCUT2D eigenvalue weighted by molar-refractivity contribution is 6.30. The maximum atomic E-state index is 11.2. The number of phenolic OH excluding ortho intramolecular Hbond substituents is 1. The molecule has 0 unspecified atom stereocenters. The number of hydrogen-bond donors (Lipinski definition) is 1. The molecule has 3 aromatic rings. The Balaban J connectivity index is 2.02. The third-order valence-electron chi connectivity index (χ3n) is 2.74. The number of ether oxygens (including phenoxy) is 1. The Kier molecular flexibility index (Phi) is 3.08. The summed E-state index contributed by atoms with van der Waals surface area (Å²) in [6.45, 7) is 0. The third-order valence-corrected chi connectivity index (χ3v) is 2.98. The van der Waals surface area contributed by atoms with Gasteiger partial charge in [0.05, 0.1) is 0 Å². The second kappa shape index (κ2) is 4.90. The van der Waals surface area contributed by atoms with Crippen LogP contribution in [-0.4, -0.2) is 5.11 Å². The molecule has 0 atom stereocenters. The zero-order valence-electron chi connectivity index (χ0n) is 10.2. The molecule has 2 aromatic carbocycles. The molecule has 1 heterocycles. The highest BCUT2D eigenvalue weighted by Crippen LogP contribution is 2.33. The normalized spacial score (nSPS) is 10.7. The lowest BCUT2D eigenvalue weighted by Gasteiger charge is -2.08. The first-order chi connectivity index (χ1) is 9.61. The van der Waals surface area contributed by atoms with Crippen LogP contribution in [-0.2, 0) is 0 Å². The van der Waals surface area contributed by atoms with Crippen LogP contribution in [0.1, 0.15) is 0 Å². The number of aromatic hydroxyl groups is 1. The Labute approximate surface area is 118 Å². The minimum absolute atomic E-state index is 0.0241. The van der Waals surface area contributed by atoms with Gasteiger partial charge in [-0.3, -0.25) is 0 Å². The summed E-state index contributed by atoms with van der Waals surface area (Å²) in [5, 5.41) is 10.9. The van der Waals surface area contributed by atoms with Crippen molar-refractivity contribution in [1.82, 2.24) is 0 Å². The SMILES string of the molecule is O=c1ccc2ccc(Oc3cc(Cl)ccc3O)cc2o1. The molecule has 0 aliphatic carbocycles. The second-order valence-corrected chi connectivity index (χ2v) is 4.60. The van der Waals surface area contributed by atoms with Crippen LogP contribution in [0.3, 0.4) is 0 Å². The van der Waals surface area contributed by atoms with Crippen molar-refractivity contribution in [2.24, 2.45) is 0 Å². The van der Waals surface area contributed by atoms with E-state index >= 15 is 0 Å². The van der Waals surface area contributed by atoms with E-state index in [9.17, 15) is 9.90 Å². The van der Waals surface area contributed by atoms with Crippen molar-refractivity contribution in [2.45, 2.75) is 0 Å². The van der Waals surface area contributed by atoms with Crippen LogP contribution < -0.4 is 10.4 Å². The molecule has 0 aliphatic rings. The number of phenols is 1. The van der Waals surface area contributed by atoms with Crippen LogP contribution in [0.4, 0.5) is 0 Å². The van der Waals surface area contributed by atoms with Crippen molar-refractivity contribution >= 4 is 22.6 Å². The van der Waals surface area contributed by atoms with Gasteiger partial charge in [-0.25, -0.2) is 4.79 Å². The van der Waals surface area contributed by atoms with Crippen molar-refractivity contribution in [2.75, 3.05) is 0 Å². The highest BCUT2D eigenvalue weighted by atomic mass is 35.5. The van der Waals surface area contributed by atoms with Gasteiger partial charge in [0.2, 0.25) is 0 Å². The van der Waals surface area contributed by atoms with Crippen molar-refractivity contribution in [3.8, 4) is 17.2 Å². The van der Waals surface area contributed by atoms with Crippen LogP contribution in [0.5, 0.6) is 17.2 Å². The van der Waals surface area contributed by atoms with Gasteiger partial charge in [-0.15, -0.1) is 0 Å². The molecule has 100 valence electrons. The lowest BCUT2D eigenvalue weighted by atomic mass is 10.2. The van der Waals surface area contributed by atoms with Crippen LogP contribution in [0.25, 0.3) is 11.0 Å². The summed E-state index contributed by atoms with van der Waals surface area (Å²) in [6, 6.07) is 12.6. The molecule has 20 heavy (non-hydrogen) atoms. The van der Waals surface area contributed by atoms with Crippen LogP contribution in [0.15, 0.2) is 57.7 Å². The maximum Gasteiger partial charge on any atom is 0.336 e. The Hall–Kier alpha value is -2.46. The predicted molar refractivity (Wildman–Crippen MR) is 75.7 cm³/mol. The second-order valence-electron chi connectivity index (χ2n) is 4.17. The van der Waals surface area contributed by atoms with Gasteiger partial charge in [-0.1, -0.05) is 11.6 Å². The molecular weight excluding hydrogens is 280 g/mol. The third kappa shape index (κ3) is 2.46. The summed E-state index contributed by atoms with van der Waals surface area (Å²) < 4.78 is 10.6. The predicted octanol–water partition coefficient (Wildman–Crippen LogP) is 3.94. The molecule has 0 saturated carbocycles. The Bertz CT molecular complexity index is 839. The van der Waals surface area contributed by atoms with Crippen molar-refractivity contribution < 1.29 is 14.3 Å². The number of rotatable bonds is 2. The molecule has 1 N–H and O–H groups in total. The Morgan fingerprint density at radius 3 is 2.70 bits per heavy atom. The Morgan fingerprint density at radius 2 is 1.85 bits per heavy atom. The molecule has 5 heteroatoms. The summed E-state index contributed by atoms with van der Waals surface area (Å²) in [6.07, 6.45) is 0. The van der Waals surface area contributed by atoms with E-state index in [1.54, 1.807) is 30.3 Å². The zero-order valence-corrected chi connectivity index (χ0v) is 10.9. The molecule has 0 radical (unpaired) electrons. The van der Waals surface area contributed by atoms with Gasteiger partial charge in [-0.05, 0) is 30.3 Å². The minimum atomic E-state index is -0.430. The zero-order chi connectivity index (χ0) is 14.1. The first kappa shape index (κ1) is 12.6. The average Bonchev–Trinajstić information content (AvgIpc) is 2.42. The van der Waals surface area contributed by atoms with E-state index in [0.717, 1.165) is 5.39 Å². The minimum Gasteiger partial charge on any atom is -0.504 e. The fourth-order valence-corrected chi connectivity index (χ4v) is 1.96. The largest absolute Gasteiger partial charge is 0.504 e. The summed E-state index contributed by atoms with van der Waals surface area (Å²) in [4.78, 5) is 11.2. The Morgan fingerprint density at radius 1 is 1.05 bits per heavy atom. The standard InChI is InChI=1S/C15H9ClO4/c16-10-3-5-12(17)14(7-10)19-11-4-1-9-2-6-15(18)20-13(9)8-11/h1-8,17H. The fourth-order valence-electron chi connectivity index (χ4n) is 1.80. The molecule has 0 amide bonds. The quantitative estimate of drug-likeness (QED) is 0.726. The van der Waals surface area contributed by atoms with Gasteiger partial charge in [0, 0.05) is 28.6 Å². The first-order valence-corrected chi connectivity index (χ1v) is 6.20. The van der Waals surface area contributed by atoms with E-state index < -0.39 is 5.63 Å². The van der Waals surface area contributed by atoms with E-state index in [2.05, 4.69) is 0 Å². The monoisotopic (exact) mass is 288 g/mol. The van der Waals surface area contributed by atoms with E-state index in [0.29, 0.717) is 16.4 Å². The lowest BCUT2D eigenvalue weighted by molar-refractivity contribution is 0.411. The van der Waals surface area contributed by atoms with Crippen LogP contribution in [0.2, 0.25) is 5.02 Å². The van der Waals surface area contributed by atoms with E-state index in [1.165, 1.54) is 18.2 Å². The average molecular weight is 289 g/mol. The van der Waals surface area contributed by atoms with Gasteiger partial charge >= 0.3 is 5.63 Å². The van der Waals surface area contributed by atoms with E-state index in [1.807, 2.05) is 0 Å². The van der Waals surface area contributed by atoms with E-state index in [-0.39, 0.29) is 11.5 Å². The molecule has 1 aromatic heterocycles. The van der Waals surface area contributed by atoms with Crippen LogP contribution >= 0.6 is 11.6 Å². The van der Waals surface area contributed by atoms with Gasteiger partial charge in [0.25, 0.3) is 0 Å². The molecule has 0 aliphatic heterocycles. The van der Waals surface area contributed by atoms with E-state index in [4.69, 9.17) is 20.8 Å². The number of fused-ring (bicyclic) bond motifs is 1. The van der Waals surface area contributed by atoms with Gasteiger partial charge in [0.15, 0.2) is 11.5 Å². The summed E-state index contributed by atoms with van der Waals surface area (Å²) >= 11 is 5.85. The topological polar surface area (TPSA) is 59.7 Å². The molecular formula is C15H9ClO4. The molecule has 0 fully saturated rings. The summed E-state index contributed by atoms with van der Waals surface area (Å²) in [7, 11) is 0. The van der Waals surface area contributed by atoms with Crippen LogP contribution in [0, 0.1) is 0 Å². The lowest BCUT2D eigenvalue weighted by Crippen LogP contribution is -1.94. The fraction of sp³-hybridized carbons (Fsp3) is 0. The van der Waals surface area contributed by atoms with Gasteiger partial charge in [0.1, 0.15) is 11.3 Å². The van der Waals surface area contributed by atoms with Crippen molar-refractivity contribution in [3.05, 3.63) is 64.0 Å². The number of hydrogen-bond acceptors (Lipinski definition) is 4.